The molecule has 1 amide bonds. The van der Waals surface area contributed by atoms with Crippen molar-refractivity contribution < 1.29 is 4.79 Å². The summed E-state index contributed by atoms with van der Waals surface area (Å²) in [6.45, 7) is 3.53. The molecular formula is C17H29N5O. The quantitative estimate of drug-likeness (QED) is 0.787. The number of hydrogen-bond donors (Lipinski definition) is 2. The number of aromatic nitrogens is 2. The SMILES string of the molecule is Cc1cc(C(=O)NC2CCCCCC2)nc(NCCN(C)C)n1. The van der Waals surface area contributed by atoms with Crippen molar-refractivity contribution in [1.29, 1.82) is 0 Å². The Kier molecular flexibility index (Phi) is 6.77. The minimum Gasteiger partial charge on any atom is -0.353 e. The summed E-state index contributed by atoms with van der Waals surface area (Å²) in [6.07, 6.45) is 7.10. The predicted molar refractivity (Wildman–Crippen MR) is 92.8 cm³/mol. The van der Waals surface area contributed by atoms with Gasteiger partial charge in [0.1, 0.15) is 5.69 Å². The van der Waals surface area contributed by atoms with Gasteiger partial charge in [-0.2, -0.15) is 0 Å². The van der Waals surface area contributed by atoms with E-state index in [0.29, 0.717) is 11.6 Å². The Labute approximate surface area is 139 Å². The van der Waals surface area contributed by atoms with E-state index in [0.717, 1.165) is 31.6 Å². The van der Waals surface area contributed by atoms with Crippen LogP contribution < -0.4 is 10.6 Å². The smallest absolute Gasteiger partial charge is 0.270 e. The monoisotopic (exact) mass is 319 g/mol. The van der Waals surface area contributed by atoms with Gasteiger partial charge in [-0.1, -0.05) is 25.7 Å². The van der Waals surface area contributed by atoms with Crippen LogP contribution in [-0.4, -0.2) is 54.0 Å². The molecule has 128 valence electrons. The van der Waals surface area contributed by atoms with Crippen molar-refractivity contribution in [2.75, 3.05) is 32.5 Å². The van der Waals surface area contributed by atoms with Gasteiger partial charge in [0.15, 0.2) is 0 Å². The van der Waals surface area contributed by atoms with Crippen molar-refractivity contribution in [2.24, 2.45) is 0 Å². The predicted octanol–water partition coefficient (Wildman–Crippen LogP) is 2.21. The lowest BCUT2D eigenvalue weighted by atomic mass is 10.1. The van der Waals surface area contributed by atoms with E-state index in [-0.39, 0.29) is 11.9 Å². The van der Waals surface area contributed by atoms with Gasteiger partial charge < -0.3 is 15.5 Å². The van der Waals surface area contributed by atoms with Crippen LogP contribution in [0.2, 0.25) is 0 Å². The number of rotatable bonds is 6. The summed E-state index contributed by atoms with van der Waals surface area (Å²) < 4.78 is 0. The lowest BCUT2D eigenvalue weighted by molar-refractivity contribution is 0.0928. The summed E-state index contributed by atoms with van der Waals surface area (Å²) in [5.41, 5.74) is 1.26. The average Bonchev–Trinajstić information content (AvgIpc) is 2.75. The number of carbonyl (C=O) groups is 1. The highest BCUT2D eigenvalue weighted by atomic mass is 16.1. The maximum Gasteiger partial charge on any atom is 0.270 e. The standard InChI is InChI=1S/C17H29N5O/c1-13-12-15(21-17(19-13)18-10-11-22(2)3)16(23)20-14-8-6-4-5-7-9-14/h12,14H,4-11H2,1-3H3,(H,20,23)(H,18,19,21). The van der Waals surface area contributed by atoms with Gasteiger partial charge in [0, 0.05) is 24.8 Å². The fourth-order valence-corrected chi connectivity index (χ4v) is 2.84. The van der Waals surface area contributed by atoms with E-state index in [1.54, 1.807) is 6.07 Å². The summed E-state index contributed by atoms with van der Waals surface area (Å²) >= 11 is 0. The molecule has 0 aromatic carbocycles. The van der Waals surface area contributed by atoms with Crippen molar-refractivity contribution in [3.63, 3.8) is 0 Å². The first-order valence-electron chi connectivity index (χ1n) is 8.60. The minimum atomic E-state index is -0.0851. The van der Waals surface area contributed by atoms with Crippen LogP contribution in [0.4, 0.5) is 5.95 Å². The molecule has 1 saturated carbocycles. The largest absolute Gasteiger partial charge is 0.353 e. The Morgan fingerprint density at radius 1 is 1.22 bits per heavy atom. The molecule has 6 heteroatoms. The average molecular weight is 319 g/mol. The molecule has 1 aliphatic rings. The number of aryl methyl sites for hydroxylation is 1. The number of anilines is 1. The molecule has 0 radical (unpaired) electrons. The summed E-state index contributed by atoms with van der Waals surface area (Å²) in [5, 5.41) is 6.32. The van der Waals surface area contributed by atoms with E-state index in [1.807, 2.05) is 21.0 Å². The van der Waals surface area contributed by atoms with Gasteiger partial charge in [0.05, 0.1) is 0 Å². The van der Waals surface area contributed by atoms with E-state index in [1.165, 1.54) is 25.7 Å². The van der Waals surface area contributed by atoms with Crippen molar-refractivity contribution >= 4 is 11.9 Å². The molecule has 2 rings (SSSR count). The Balaban J connectivity index is 1.97. The number of nitrogens with zero attached hydrogens (tertiary/aromatic N) is 3. The summed E-state index contributed by atoms with van der Waals surface area (Å²) in [7, 11) is 4.04. The molecule has 1 aromatic rings. The molecule has 0 unspecified atom stereocenters. The number of nitrogens with one attached hydrogen (secondary N) is 2. The minimum absolute atomic E-state index is 0.0851. The van der Waals surface area contributed by atoms with Crippen molar-refractivity contribution in [3.8, 4) is 0 Å². The second-order valence-corrected chi connectivity index (χ2v) is 6.61. The number of likely N-dealkylation sites (N-methyl/N-ethyl adjacent to an activating group) is 1. The van der Waals surface area contributed by atoms with Crippen LogP contribution in [0, 0.1) is 6.92 Å². The van der Waals surface area contributed by atoms with Gasteiger partial charge in [-0.05, 0) is 39.9 Å². The van der Waals surface area contributed by atoms with Crippen LogP contribution >= 0.6 is 0 Å². The fourth-order valence-electron chi connectivity index (χ4n) is 2.84. The van der Waals surface area contributed by atoms with Crippen LogP contribution in [0.3, 0.4) is 0 Å². The molecule has 1 fully saturated rings. The second-order valence-electron chi connectivity index (χ2n) is 6.61. The van der Waals surface area contributed by atoms with E-state index >= 15 is 0 Å². The highest BCUT2D eigenvalue weighted by molar-refractivity contribution is 5.92. The van der Waals surface area contributed by atoms with E-state index in [2.05, 4.69) is 25.5 Å². The zero-order chi connectivity index (χ0) is 16.7. The van der Waals surface area contributed by atoms with Gasteiger partial charge in [0.2, 0.25) is 5.95 Å². The van der Waals surface area contributed by atoms with Crippen LogP contribution in [0.15, 0.2) is 6.07 Å². The molecule has 0 saturated heterocycles. The summed E-state index contributed by atoms with van der Waals surface area (Å²) in [6, 6.07) is 2.04. The lowest BCUT2D eigenvalue weighted by Gasteiger charge is -2.16. The number of hydrogen-bond acceptors (Lipinski definition) is 5. The third-order valence-electron chi connectivity index (χ3n) is 4.12. The molecule has 1 aliphatic carbocycles. The van der Waals surface area contributed by atoms with Gasteiger partial charge in [0.25, 0.3) is 5.91 Å². The molecule has 0 aliphatic heterocycles. The summed E-state index contributed by atoms with van der Waals surface area (Å²) in [4.78, 5) is 23.3. The molecule has 1 aromatic heterocycles. The van der Waals surface area contributed by atoms with Gasteiger partial charge in [-0.25, -0.2) is 9.97 Å². The Bertz CT molecular complexity index is 510. The first-order valence-corrected chi connectivity index (χ1v) is 8.60. The van der Waals surface area contributed by atoms with E-state index < -0.39 is 0 Å². The van der Waals surface area contributed by atoms with Crippen LogP contribution in [0.1, 0.15) is 54.7 Å². The Morgan fingerprint density at radius 2 is 1.91 bits per heavy atom. The zero-order valence-electron chi connectivity index (χ0n) is 14.6. The third kappa shape index (κ3) is 6.14. The van der Waals surface area contributed by atoms with Gasteiger partial charge in [-0.3, -0.25) is 4.79 Å². The molecule has 0 atom stereocenters. The van der Waals surface area contributed by atoms with E-state index in [9.17, 15) is 4.79 Å². The normalized spacial score (nSPS) is 16.2. The number of amides is 1. The molecule has 0 spiro atoms. The third-order valence-corrected chi connectivity index (χ3v) is 4.12. The van der Waals surface area contributed by atoms with Gasteiger partial charge >= 0.3 is 0 Å². The molecule has 2 N–H and O–H groups in total. The highest BCUT2D eigenvalue weighted by Crippen LogP contribution is 2.17. The van der Waals surface area contributed by atoms with Crippen LogP contribution in [0.5, 0.6) is 0 Å². The molecule has 0 bridgehead atoms. The van der Waals surface area contributed by atoms with Crippen molar-refractivity contribution in [1.82, 2.24) is 20.2 Å². The van der Waals surface area contributed by atoms with Crippen LogP contribution in [-0.2, 0) is 0 Å². The van der Waals surface area contributed by atoms with Crippen LogP contribution in [0.25, 0.3) is 0 Å². The second kappa shape index (κ2) is 8.82. The van der Waals surface area contributed by atoms with Gasteiger partial charge in [-0.15, -0.1) is 0 Å². The molecule has 23 heavy (non-hydrogen) atoms. The Hall–Kier alpha value is -1.69. The molecular weight excluding hydrogens is 290 g/mol. The first-order chi connectivity index (χ1) is 11.0. The van der Waals surface area contributed by atoms with Crippen molar-refractivity contribution in [3.05, 3.63) is 17.5 Å². The number of carbonyl (C=O) groups excluding carboxylic acids is 1. The Morgan fingerprint density at radius 3 is 2.57 bits per heavy atom. The van der Waals surface area contributed by atoms with Crippen molar-refractivity contribution in [2.45, 2.75) is 51.5 Å². The molecule has 1 heterocycles. The summed E-state index contributed by atoms with van der Waals surface area (Å²) in [5.74, 6) is 0.441. The maximum absolute atomic E-state index is 12.5. The first kappa shape index (κ1) is 17.7. The fraction of sp³-hybridized carbons (Fsp3) is 0.706. The molecule has 6 nitrogen and oxygen atoms in total. The van der Waals surface area contributed by atoms with E-state index in [4.69, 9.17) is 0 Å². The lowest BCUT2D eigenvalue weighted by Crippen LogP contribution is -2.35. The zero-order valence-corrected chi connectivity index (χ0v) is 14.6. The topological polar surface area (TPSA) is 70.2 Å². The maximum atomic E-state index is 12.5. The highest BCUT2D eigenvalue weighted by Gasteiger charge is 2.17.